The van der Waals surface area contributed by atoms with Crippen LogP contribution in [0, 0.1) is 6.92 Å². The average Bonchev–Trinajstić information content (AvgIpc) is 3.25. The lowest BCUT2D eigenvalue weighted by molar-refractivity contribution is -0.144. The van der Waals surface area contributed by atoms with Gasteiger partial charge in [0.05, 0.1) is 22.8 Å². The molecule has 1 aliphatic carbocycles. The second kappa shape index (κ2) is 10.3. The molecule has 1 heterocycles. The fraction of sp³-hybridized carbons (Fsp3) is 0.167. The van der Waals surface area contributed by atoms with Crippen molar-refractivity contribution >= 4 is 52.6 Å². The van der Waals surface area contributed by atoms with Gasteiger partial charge in [-0.15, -0.1) is 11.8 Å². The minimum Gasteiger partial charge on any atom is -0.455 e. The second-order valence-electron chi connectivity index (χ2n) is 7.50. The number of fused-ring (bicyclic) bond motifs is 2. The number of benzene rings is 2. The number of esters is 1. The Hall–Kier alpha value is -4.25. The van der Waals surface area contributed by atoms with E-state index in [2.05, 4.69) is 15.8 Å². The van der Waals surface area contributed by atoms with Crippen LogP contribution in [-0.2, 0) is 19.1 Å². The SMILES string of the molecule is Cc1cc(NC(=O)CSCC(=O)OCC(=O)Nc2cccc3c2C(=O)c2ccccc2C3=O)no1. The maximum absolute atomic E-state index is 13.0. The first-order chi connectivity index (χ1) is 16.8. The zero-order valence-electron chi connectivity index (χ0n) is 18.5. The van der Waals surface area contributed by atoms with Crippen molar-refractivity contribution in [2.24, 2.45) is 0 Å². The van der Waals surface area contributed by atoms with Gasteiger partial charge in [-0.25, -0.2) is 0 Å². The van der Waals surface area contributed by atoms with E-state index in [-0.39, 0.29) is 57.2 Å². The normalized spacial score (nSPS) is 11.9. The molecule has 0 atom stereocenters. The van der Waals surface area contributed by atoms with E-state index in [9.17, 15) is 24.0 Å². The predicted molar refractivity (Wildman–Crippen MR) is 127 cm³/mol. The third kappa shape index (κ3) is 5.46. The summed E-state index contributed by atoms with van der Waals surface area (Å²) in [7, 11) is 0. The summed E-state index contributed by atoms with van der Waals surface area (Å²) < 4.78 is 9.79. The van der Waals surface area contributed by atoms with E-state index < -0.39 is 18.5 Å². The van der Waals surface area contributed by atoms with Crippen molar-refractivity contribution in [1.82, 2.24) is 5.16 Å². The minimum atomic E-state index is -0.689. The largest absolute Gasteiger partial charge is 0.455 e. The Bertz CT molecular complexity index is 1350. The van der Waals surface area contributed by atoms with Crippen LogP contribution in [0.3, 0.4) is 0 Å². The molecule has 2 aromatic carbocycles. The van der Waals surface area contributed by atoms with Crippen LogP contribution in [0.25, 0.3) is 0 Å². The van der Waals surface area contributed by atoms with Gasteiger partial charge in [0, 0.05) is 22.8 Å². The molecule has 0 saturated heterocycles. The van der Waals surface area contributed by atoms with Crippen LogP contribution in [0.4, 0.5) is 11.5 Å². The number of aryl methyl sites for hydroxylation is 1. The van der Waals surface area contributed by atoms with Crippen LogP contribution in [0.2, 0.25) is 0 Å². The third-order valence-electron chi connectivity index (χ3n) is 4.94. The van der Waals surface area contributed by atoms with Crippen molar-refractivity contribution in [2.75, 3.05) is 28.7 Å². The van der Waals surface area contributed by atoms with Crippen LogP contribution in [-0.4, -0.2) is 52.6 Å². The van der Waals surface area contributed by atoms with Gasteiger partial charge < -0.3 is 19.9 Å². The molecule has 0 unspecified atom stereocenters. The third-order valence-corrected chi connectivity index (χ3v) is 5.85. The minimum absolute atomic E-state index is 0.0268. The average molecular weight is 493 g/mol. The van der Waals surface area contributed by atoms with Crippen LogP contribution in [0.5, 0.6) is 0 Å². The molecule has 0 spiro atoms. The van der Waals surface area contributed by atoms with Gasteiger partial charge in [-0.1, -0.05) is 41.6 Å². The maximum Gasteiger partial charge on any atom is 0.316 e. The van der Waals surface area contributed by atoms with Crippen LogP contribution in [0.1, 0.15) is 37.6 Å². The van der Waals surface area contributed by atoms with Crippen molar-refractivity contribution in [1.29, 1.82) is 0 Å². The molecule has 0 radical (unpaired) electrons. The van der Waals surface area contributed by atoms with Crippen LogP contribution < -0.4 is 10.6 Å². The number of carbonyl (C=O) groups is 5. The Morgan fingerprint density at radius 1 is 0.914 bits per heavy atom. The number of hydrogen-bond donors (Lipinski definition) is 2. The summed E-state index contributed by atoms with van der Waals surface area (Å²) in [6.07, 6.45) is 0. The smallest absolute Gasteiger partial charge is 0.316 e. The molecule has 1 aromatic heterocycles. The fourth-order valence-electron chi connectivity index (χ4n) is 3.45. The number of rotatable bonds is 8. The summed E-state index contributed by atoms with van der Waals surface area (Å²) in [5.74, 6) is -1.77. The molecule has 0 fully saturated rings. The maximum atomic E-state index is 13.0. The van der Waals surface area contributed by atoms with E-state index in [0.29, 0.717) is 11.3 Å². The van der Waals surface area contributed by atoms with Crippen molar-refractivity contribution in [3.8, 4) is 0 Å². The first-order valence-corrected chi connectivity index (χ1v) is 11.6. The number of aromatic nitrogens is 1. The number of ketones is 2. The summed E-state index contributed by atoms with van der Waals surface area (Å²) in [4.78, 5) is 61.9. The highest BCUT2D eigenvalue weighted by molar-refractivity contribution is 8.00. The first kappa shape index (κ1) is 23.9. The van der Waals surface area contributed by atoms with Gasteiger partial charge in [-0.05, 0) is 13.0 Å². The lowest BCUT2D eigenvalue weighted by Crippen LogP contribution is -2.26. The Morgan fingerprint density at radius 3 is 2.34 bits per heavy atom. The lowest BCUT2D eigenvalue weighted by atomic mass is 9.83. The number of nitrogens with zero attached hydrogens (tertiary/aromatic N) is 1. The summed E-state index contributed by atoms with van der Waals surface area (Å²) in [5, 5.41) is 8.69. The van der Waals surface area contributed by atoms with Crippen molar-refractivity contribution in [3.63, 3.8) is 0 Å². The number of nitrogens with one attached hydrogen (secondary N) is 2. The number of anilines is 2. The lowest BCUT2D eigenvalue weighted by Gasteiger charge is -2.20. The predicted octanol–water partition coefficient (Wildman–Crippen LogP) is 2.61. The molecule has 178 valence electrons. The monoisotopic (exact) mass is 493 g/mol. The van der Waals surface area contributed by atoms with Crippen LogP contribution in [0.15, 0.2) is 53.1 Å². The number of amides is 2. The summed E-state index contributed by atoms with van der Waals surface area (Å²) in [6, 6.07) is 12.6. The van der Waals surface area contributed by atoms with E-state index in [1.165, 1.54) is 12.1 Å². The molecule has 4 rings (SSSR count). The zero-order valence-corrected chi connectivity index (χ0v) is 19.3. The molecule has 2 amide bonds. The molecule has 2 N–H and O–H groups in total. The van der Waals surface area contributed by atoms with Gasteiger partial charge in [0.25, 0.3) is 5.91 Å². The molecule has 11 heteroatoms. The molecular weight excluding hydrogens is 474 g/mol. The number of ether oxygens (including phenoxy) is 1. The highest BCUT2D eigenvalue weighted by Gasteiger charge is 2.31. The van der Waals surface area contributed by atoms with E-state index in [4.69, 9.17) is 9.26 Å². The first-order valence-electron chi connectivity index (χ1n) is 10.4. The molecular formula is C24H19N3O7S. The molecule has 35 heavy (non-hydrogen) atoms. The Balaban J connectivity index is 1.28. The van der Waals surface area contributed by atoms with E-state index in [0.717, 1.165) is 11.8 Å². The van der Waals surface area contributed by atoms with Crippen molar-refractivity contribution in [3.05, 3.63) is 76.5 Å². The molecule has 3 aromatic rings. The Labute approximate surface area is 203 Å². The fourth-order valence-corrected chi connectivity index (χ4v) is 4.06. The molecule has 10 nitrogen and oxygen atoms in total. The van der Waals surface area contributed by atoms with Crippen molar-refractivity contribution < 1.29 is 33.2 Å². The summed E-state index contributed by atoms with van der Waals surface area (Å²) in [6.45, 7) is 1.10. The standard InChI is InChI=1S/C24H19N3O7S/c1-13-9-18(27-34-13)26-20(29)11-35-12-21(30)33-10-19(28)25-17-8-4-7-16-22(17)24(32)15-6-3-2-5-14(15)23(16)31/h2-9H,10-12H2,1H3,(H,25,28)(H,26,27,29). The molecule has 0 saturated carbocycles. The van der Waals surface area contributed by atoms with Gasteiger partial charge >= 0.3 is 5.97 Å². The van der Waals surface area contributed by atoms with E-state index in [1.807, 2.05) is 0 Å². The number of carbonyl (C=O) groups excluding carboxylic acids is 5. The Kier molecular flexibility index (Phi) is 7.06. The molecule has 1 aliphatic rings. The van der Waals surface area contributed by atoms with Crippen molar-refractivity contribution in [2.45, 2.75) is 6.92 Å². The highest BCUT2D eigenvalue weighted by Crippen LogP contribution is 2.31. The Morgan fingerprint density at radius 2 is 1.63 bits per heavy atom. The number of hydrogen-bond acceptors (Lipinski definition) is 9. The number of thioether (sulfide) groups is 1. The van der Waals surface area contributed by atoms with Crippen LogP contribution >= 0.6 is 11.8 Å². The van der Waals surface area contributed by atoms with Gasteiger partial charge in [-0.3, -0.25) is 24.0 Å². The highest BCUT2D eigenvalue weighted by atomic mass is 32.2. The zero-order chi connectivity index (χ0) is 24.9. The van der Waals surface area contributed by atoms with Gasteiger partial charge in [0.15, 0.2) is 24.0 Å². The quantitative estimate of drug-likeness (QED) is 0.354. The second-order valence-corrected chi connectivity index (χ2v) is 8.49. The van der Waals surface area contributed by atoms with E-state index in [1.54, 1.807) is 43.3 Å². The van der Waals surface area contributed by atoms with Gasteiger partial charge in [0.2, 0.25) is 5.91 Å². The molecule has 0 bridgehead atoms. The van der Waals surface area contributed by atoms with E-state index >= 15 is 0 Å². The summed E-state index contributed by atoms with van der Waals surface area (Å²) >= 11 is 1.00. The van der Waals surface area contributed by atoms with Gasteiger partial charge in [0.1, 0.15) is 5.76 Å². The van der Waals surface area contributed by atoms with Gasteiger partial charge in [-0.2, -0.15) is 0 Å². The molecule has 0 aliphatic heterocycles. The summed E-state index contributed by atoms with van der Waals surface area (Å²) in [5.41, 5.74) is 1.02. The topological polar surface area (TPSA) is 145 Å².